The number of amides is 4. The Morgan fingerprint density at radius 2 is 1.68 bits per heavy atom. The summed E-state index contributed by atoms with van der Waals surface area (Å²) in [4.78, 5) is 73.6. The number of nitrogens with zero attached hydrogens (tertiary/aromatic N) is 1. The maximum Gasteiger partial charge on any atom is 0.326 e. The number of carbonyl (C=O) groups is 6. The third-order valence-electron chi connectivity index (χ3n) is 5.85. The zero-order valence-corrected chi connectivity index (χ0v) is 20.0. The predicted molar refractivity (Wildman–Crippen MR) is 127 cm³/mol. The number of phenols is 1. The Hall–Kier alpha value is -4.20. The largest absolute Gasteiger partial charge is 0.508 e. The van der Waals surface area contributed by atoms with Gasteiger partial charge in [0.2, 0.25) is 23.6 Å². The minimum Gasteiger partial charge on any atom is -0.508 e. The lowest BCUT2D eigenvalue weighted by molar-refractivity contribution is -0.144. The van der Waals surface area contributed by atoms with Crippen LogP contribution in [0.4, 0.5) is 0 Å². The quantitative estimate of drug-likeness (QED) is 0.151. The SMILES string of the molecule is NC(=O)CC(NC(=O)C1CCCN1C(=O)C(N)Cc1ccc(O)cc1)C(=O)NC(CCC(=O)O)C(=O)O. The van der Waals surface area contributed by atoms with E-state index in [-0.39, 0.29) is 25.1 Å². The number of carboxylic acid groups (broad SMARTS) is 2. The van der Waals surface area contributed by atoms with Gasteiger partial charge in [-0.15, -0.1) is 0 Å². The first-order chi connectivity index (χ1) is 17.4. The monoisotopic (exact) mass is 521 g/mol. The third kappa shape index (κ3) is 8.75. The van der Waals surface area contributed by atoms with E-state index in [0.717, 1.165) is 0 Å². The van der Waals surface area contributed by atoms with E-state index < -0.39 is 79.0 Å². The predicted octanol–water partition coefficient (Wildman–Crippen LogP) is -1.95. The molecule has 202 valence electrons. The first-order valence-electron chi connectivity index (χ1n) is 11.6. The molecule has 14 nitrogen and oxygen atoms in total. The van der Waals surface area contributed by atoms with Crippen molar-refractivity contribution < 1.29 is 44.1 Å². The molecule has 1 heterocycles. The molecule has 37 heavy (non-hydrogen) atoms. The van der Waals surface area contributed by atoms with Gasteiger partial charge in [-0.25, -0.2) is 4.79 Å². The Kier molecular flexibility index (Phi) is 10.4. The molecule has 4 unspecified atom stereocenters. The van der Waals surface area contributed by atoms with Crippen molar-refractivity contribution in [1.29, 1.82) is 0 Å². The average Bonchev–Trinajstić information content (AvgIpc) is 3.31. The summed E-state index contributed by atoms with van der Waals surface area (Å²) in [5.74, 6) is -5.93. The number of hydrogen-bond donors (Lipinski definition) is 7. The first kappa shape index (κ1) is 29.0. The van der Waals surface area contributed by atoms with Crippen LogP contribution in [0, 0.1) is 0 Å². The number of primary amides is 1. The molecule has 1 fully saturated rings. The van der Waals surface area contributed by atoms with Crippen molar-refractivity contribution in [3.05, 3.63) is 29.8 Å². The second-order valence-corrected chi connectivity index (χ2v) is 8.73. The summed E-state index contributed by atoms with van der Waals surface area (Å²) in [6.07, 6.45) is -0.692. The molecule has 0 saturated carbocycles. The number of nitrogens with two attached hydrogens (primary N) is 2. The van der Waals surface area contributed by atoms with Gasteiger partial charge in [0.1, 0.15) is 23.9 Å². The van der Waals surface area contributed by atoms with Crippen molar-refractivity contribution in [2.45, 2.75) is 62.7 Å². The average molecular weight is 522 g/mol. The molecule has 0 spiro atoms. The summed E-state index contributed by atoms with van der Waals surface area (Å²) in [5.41, 5.74) is 12.0. The van der Waals surface area contributed by atoms with Gasteiger partial charge in [0.15, 0.2) is 0 Å². The van der Waals surface area contributed by atoms with Crippen LogP contribution >= 0.6 is 0 Å². The molecule has 4 amide bonds. The molecular formula is C23H31N5O9. The van der Waals surface area contributed by atoms with Crippen LogP contribution < -0.4 is 22.1 Å². The number of hydrogen-bond acceptors (Lipinski definition) is 8. The Morgan fingerprint density at radius 1 is 1.03 bits per heavy atom. The Morgan fingerprint density at radius 3 is 2.24 bits per heavy atom. The molecule has 2 rings (SSSR count). The van der Waals surface area contributed by atoms with E-state index in [2.05, 4.69) is 10.6 Å². The lowest BCUT2D eigenvalue weighted by atomic mass is 10.0. The fourth-order valence-electron chi connectivity index (χ4n) is 3.97. The van der Waals surface area contributed by atoms with Crippen LogP contribution in [0.1, 0.15) is 37.7 Å². The maximum atomic E-state index is 13.0. The number of rotatable bonds is 13. The van der Waals surface area contributed by atoms with Gasteiger partial charge in [0.05, 0.1) is 12.5 Å². The van der Waals surface area contributed by atoms with Crippen molar-refractivity contribution in [1.82, 2.24) is 15.5 Å². The van der Waals surface area contributed by atoms with Gasteiger partial charge in [-0.2, -0.15) is 0 Å². The smallest absolute Gasteiger partial charge is 0.326 e. The van der Waals surface area contributed by atoms with Crippen molar-refractivity contribution in [2.75, 3.05) is 6.54 Å². The van der Waals surface area contributed by atoms with E-state index in [0.29, 0.717) is 12.0 Å². The molecule has 1 aromatic rings. The van der Waals surface area contributed by atoms with E-state index in [1.165, 1.54) is 17.0 Å². The molecule has 0 aromatic heterocycles. The van der Waals surface area contributed by atoms with Gasteiger partial charge >= 0.3 is 11.9 Å². The number of carboxylic acids is 2. The lowest BCUT2D eigenvalue weighted by Gasteiger charge is -2.28. The standard InChI is InChI=1S/C23H31N5O9/c24-14(10-12-3-5-13(29)6-4-12)22(35)28-9-1-2-17(28)21(34)27-16(11-18(25)30)20(33)26-15(23(36)37)7-8-19(31)32/h3-6,14-17,29H,1-2,7-11,24H2,(H2,25,30)(H,26,33)(H,27,34)(H,31,32)(H,36,37). The number of nitrogens with one attached hydrogen (secondary N) is 2. The molecule has 0 bridgehead atoms. The lowest BCUT2D eigenvalue weighted by Crippen LogP contribution is -2.57. The molecule has 14 heteroatoms. The van der Waals surface area contributed by atoms with Crippen LogP contribution in [0.5, 0.6) is 5.75 Å². The fourth-order valence-corrected chi connectivity index (χ4v) is 3.97. The maximum absolute atomic E-state index is 13.0. The van der Waals surface area contributed by atoms with Crippen molar-refractivity contribution in [2.24, 2.45) is 11.5 Å². The van der Waals surface area contributed by atoms with Crippen LogP contribution in [-0.2, 0) is 35.2 Å². The van der Waals surface area contributed by atoms with Crippen LogP contribution in [0.2, 0.25) is 0 Å². The summed E-state index contributed by atoms with van der Waals surface area (Å²) in [7, 11) is 0. The van der Waals surface area contributed by atoms with Gasteiger partial charge < -0.3 is 42.3 Å². The van der Waals surface area contributed by atoms with Crippen molar-refractivity contribution in [3.63, 3.8) is 0 Å². The fraction of sp³-hybridized carbons (Fsp3) is 0.478. The van der Waals surface area contributed by atoms with Crippen LogP contribution in [-0.4, -0.2) is 86.5 Å². The zero-order valence-electron chi connectivity index (χ0n) is 20.0. The second kappa shape index (κ2) is 13.2. The molecule has 1 aromatic carbocycles. The van der Waals surface area contributed by atoms with E-state index in [4.69, 9.17) is 16.6 Å². The number of aliphatic carboxylic acids is 2. The first-order valence-corrected chi connectivity index (χ1v) is 11.6. The third-order valence-corrected chi connectivity index (χ3v) is 5.85. The number of benzene rings is 1. The van der Waals surface area contributed by atoms with Crippen molar-refractivity contribution in [3.8, 4) is 5.75 Å². The topological polar surface area (TPSA) is 242 Å². The summed E-state index contributed by atoms with van der Waals surface area (Å²) < 4.78 is 0. The number of carbonyl (C=O) groups excluding carboxylic acids is 4. The van der Waals surface area contributed by atoms with E-state index in [1.807, 2.05) is 0 Å². The number of likely N-dealkylation sites (tertiary alicyclic amines) is 1. The Labute approximate surface area is 212 Å². The molecular weight excluding hydrogens is 490 g/mol. The molecule has 1 aliphatic rings. The molecule has 4 atom stereocenters. The van der Waals surface area contributed by atoms with E-state index in [1.54, 1.807) is 12.1 Å². The van der Waals surface area contributed by atoms with Crippen LogP contribution in [0.25, 0.3) is 0 Å². The van der Waals surface area contributed by atoms with Gasteiger partial charge in [0.25, 0.3) is 0 Å². The van der Waals surface area contributed by atoms with Crippen LogP contribution in [0.15, 0.2) is 24.3 Å². The number of phenolic OH excluding ortho intramolecular Hbond substituents is 1. The summed E-state index contributed by atoms with van der Waals surface area (Å²) in [6, 6.07) is 1.07. The van der Waals surface area contributed by atoms with Crippen molar-refractivity contribution >= 4 is 35.6 Å². The molecule has 1 saturated heterocycles. The second-order valence-electron chi connectivity index (χ2n) is 8.73. The summed E-state index contributed by atoms with van der Waals surface area (Å²) in [5, 5.41) is 31.9. The van der Waals surface area contributed by atoms with Gasteiger partial charge in [0, 0.05) is 13.0 Å². The number of aromatic hydroxyl groups is 1. The molecule has 0 aliphatic carbocycles. The normalized spacial score (nSPS) is 17.3. The highest BCUT2D eigenvalue weighted by molar-refractivity contribution is 5.96. The summed E-state index contributed by atoms with van der Waals surface area (Å²) in [6.45, 7) is 0.239. The minimum atomic E-state index is -1.57. The Bertz CT molecular complexity index is 1030. The summed E-state index contributed by atoms with van der Waals surface area (Å²) >= 11 is 0. The van der Waals surface area contributed by atoms with Gasteiger partial charge in [-0.05, 0) is 43.4 Å². The highest BCUT2D eigenvalue weighted by Gasteiger charge is 2.38. The minimum absolute atomic E-state index is 0.0611. The van der Waals surface area contributed by atoms with Crippen LogP contribution in [0.3, 0.4) is 0 Å². The Balaban J connectivity index is 2.08. The van der Waals surface area contributed by atoms with Gasteiger partial charge in [-0.1, -0.05) is 12.1 Å². The zero-order chi connectivity index (χ0) is 27.7. The molecule has 1 aliphatic heterocycles. The van der Waals surface area contributed by atoms with E-state index >= 15 is 0 Å². The molecule has 0 radical (unpaired) electrons. The molecule has 9 N–H and O–H groups in total. The highest BCUT2D eigenvalue weighted by atomic mass is 16.4. The van der Waals surface area contributed by atoms with E-state index in [9.17, 15) is 39.0 Å². The van der Waals surface area contributed by atoms with Gasteiger partial charge in [-0.3, -0.25) is 24.0 Å². The highest BCUT2D eigenvalue weighted by Crippen LogP contribution is 2.20.